The summed E-state index contributed by atoms with van der Waals surface area (Å²) in [5.74, 6) is -1.00. The summed E-state index contributed by atoms with van der Waals surface area (Å²) in [6.45, 7) is 1.51. The molecule has 0 aromatic carbocycles. The number of halogens is 2. The van der Waals surface area contributed by atoms with Gasteiger partial charge < -0.3 is 9.72 Å². The summed E-state index contributed by atoms with van der Waals surface area (Å²) in [6, 6.07) is 1.35. The Balaban J connectivity index is 3.47. The molecule has 0 unspecified atom stereocenters. The van der Waals surface area contributed by atoms with Crippen LogP contribution >= 0.6 is 0 Å². The van der Waals surface area contributed by atoms with Gasteiger partial charge in [-0.25, -0.2) is 13.6 Å². The molecule has 1 aromatic rings. The van der Waals surface area contributed by atoms with Crippen LogP contribution in [0.5, 0.6) is 0 Å². The zero-order chi connectivity index (χ0) is 13.0. The molecule has 0 fully saturated rings. The van der Waals surface area contributed by atoms with E-state index in [2.05, 4.69) is 4.74 Å². The number of aromatic amines is 1. The molecule has 0 saturated heterocycles. The molecule has 7 heteroatoms. The minimum Gasteiger partial charge on any atom is -0.462 e. The predicted octanol–water partition coefficient (Wildman–Crippen LogP) is 1.36. The van der Waals surface area contributed by atoms with Crippen molar-refractivity contribution < 1.29 is 18.3 Å². The first-order chi connectivity index (χ1) is 8.02. The first-order valence-corrected chi connectivity index (χ1v) is 4.63. The summed E-state index contributed by atoms with van der Waals surface area (Å²) < 4.78 is 30.0. The second-order valence-electron chi connectivity index (χ2n) is 2.95. The second kappa shape index (κ2) is 5.21. The van der Waals surface area contributed by atoms with Gasteiger partial charge in [0.15, 0.2) is 0 Å². The number of pyridine rings is 1. The summed E-state index contributed by atoms with van der Waals surface area (Å²) >= 11 is 0. The highest BCUT2D eigenvalue weighted by molar-refractivity contribution is 5.91. The molecule has 0 amide bonds. The maximum atomic E-state index is 12.7. The molecule has 1 N–H and O–H groups in total. The maximum Gasteiger partial charge on any atom is 0.340 e. The van der Waals surface area contributed by atoms with Crippen LogP contribution in [0.2, 0.25) is 0 Å². The Morgan fingerprint density at radius 3 is 2.76 bits per heavy atom. The Morgan fingerprint density at radius 1 is 1.65 bits per heavy atom. The molecule has 17 heavy (non-hydrogen) atoms. The van der Waals surface area contributed by atoms with Crippen molar-refractivity contribution in [3.8, 4) is 6.07 Å². The molecule has 1 aromatic heterocycles. The van der Waals surface area contributed by atoms with E-state index in [-0.39, 0.29) is 6.61 Å². The van der Waals surface area contributed by atoms with Crippen LogP contribution in [-0.4, -0.2) is 17.6 Å². The van der Waals surface area contributed by atoms with Crippen molar-refractivity contribution in [2.24, 2.45) is 0 Å². The third-order valence-electron chi connectivity index (χ3n) is 1.96. The monoisotopic (exact) mass is 242 g/mol. The fourth-order valence-electron chi connectivity index (χ4n) is 1.26. The zero-order valence-electron chi connectivity index (χ0n) is 8.79. The highest BCUT2D eigenvalue weighted by atomic mass is 19.3. The number of nitrogens with one attached hydrogen (secondary N) is 1. The molecule has 0 saturated carbocycles. The highest BCUT2D eigenvalue weighted by Gasteiger charge is 2.25. The van der Waals surface area contributed by atoms with Crippen molar-refractivity contribution in [1.82, 2.24) is 4.98 Å². The molecule has 0 aliphatic rings. The molecule has 5 nitrogen and oxygen atoms in total. The van der Waals surface area contributed by atoms with E-state index in [1.807, 2.05) is 4.98 Å². The van der Waals surface area contributed by atoms with Crippen LogP contribution in [0, 0.1) is 11.3 Å². The molecule has 0 spiro atoms. The lowest BCUT2D eigenvalue weighted by Crippen LogP contribution is -2.19. The molecule has 0 aliphatic carbocycles. The number of esters is 1. The van der Waals surface area contributed by atoms with E-state index < -0.39 is 34.6 Å². The molecule has 0 atom stereocenters. The van der Waals surface area contributed by atoms with Gasteiger partial charge >= 0.3 is 5.97 Å². The van der Waals surface area contributed by atoms with Crippen molar-refractivity contribution in [3.05, 3.63) is 33.2 Å². The Hall–Kier alpha value is -2.23. The number of carbonyl (C=O) groups is 1. The van der Waals surface area contributed by atoms with Crippen LogP contribution in [-0.2, 0) is 4.74 Å². The third-order valence-corrected chi connectivity index (χ3v) is 1.96. The smallest absolute Gasteiger partial charge is 0.340 e. The van der Waals surface area contributed by atoms with Gasteiger partial charge in [0.25, 0.3) is 12.0 Å². The number of nitrogens with zero attached hydrogens (tertiary/aromatic N) is 1. The molecule has 0 radical (unpaired) electrons. The summed E-state index contributed by atoms with van der Waals surface area (Å²) in [7, 11) is 0. The lowest BCUT2D eigenvalue weighted by atomic mass is 10.1. The number of hydrogen-bond donors (Lipinski definition) is 1. The Bertz CT molecular complexity index is 531. The van der Waals surface area contributed by atoms with Gasteiger partial charge in [0.2, 0.25) is 0 Å². The van der Waals surface area contributed by atoms with Crippen molar-refractivity contribution in [1.29, 1.82) is 5.26 Å². The van der Waals surface area contributed by atoms with Crippen LogP contribution < -0.4 is 5.56 Å². The number of nitriles is 1. The predicted molar refractivity (Wildman–Crippen MR) is 52.7 cm³/mol. The fraction of sp³-hybridized carbons (Fsp3) is 0.300. The van der Waals surface area contributed by atoms with Crippen LogP contribution in [0.4, 0.5) is 8.78 Å². The topological polar surface area (TPSA) is 83.0 Å². The molecule has 1 rings (SSSR count). The van der Waals surface area contributed by atoms with Gasteiger partial charge in [0, 0.05) is 6.20 Å². The van der Waals surface area contributed by atoms with Crippen molar-refractivity contribution in [2.75, 3.05) is 6.61 Å². The Labute approximate surface area is 94.6 Å². The number of ether oxygens (including phenoxy) is 1. The van der Waals surface area contributed by atoms with Gasteiger partial charge in [0.1, 0.15) is 11.6 Å². The first kappa shape index (κ1) is 12.8. The molecule has 1 heterocycles. The van der Waals surface area contributed by atoms with Gasteiger partial charge in [-0.2, -0.15) is 5.26 Å². The summed E-state index contributed by atoms with van der Waals surface area (Å²) in [6.07, 6.45) is -2.28. The van der Waals surface area contributed by atoms with E-state index in [4.69, 9.17) is 5.26 Å². The SMILES string of the molecule is CCOC(=O)c1c[nH]c(=O)c(C#N)c1C(F)F. The molecule has 0 bridgehead atoms. The number of H-pyrrole nitrogens is 1. The van der Waals surface area contributed by atoms with Crippen LogP contribution in [0.1, 0.15) is 34.8 Å². The number of aromatic nitrogens is 1. The zero-order valence-corrected chi connectivity index (χ0v) is 8.79. The van der Waals surface area contributed by atoms with E-state index in [1.54, 1.807) is 0 Å². The van der Waals surface area contributed by atoms with Gasteiger partial charge in [-0.05, 0) is 6.92 Å². The Kier molecular flexibility index (Phi) is 3.93. The molecular formula is C10H8F2N2O3. The highest BCUT2D eigenvalue weighted by Crippen LogP contribution is 2.24. The quantitative estimate of drug-likeness (QED) is 0.811. The lowest BCUT2D eigenvalue weighted by molar-refractivity contribution is 0.0514. The van der Waals surface area contributed by atoms with Crippen molar-refractivity contribution in [3.63, 3.8) is 0 Å². The number of hydrogen-bond acceptors (Lipinski definition) is 4. The van der Waals surface area contributed by atoms with E-state index in [0.717, 1.165) is 6.20 Å². The number of rotatable bonds is 3. The average Bonchev–Trinajstić information content (AvgIpc) is 2.28. The summed E-state index contributed by atoms with van der Waals surface area (Å²) in [4.78, 5) is 24.5. The summed E-state index contributed by atoms with van der Waals surface area (Å²) in [5.41, 5.74) is -3.13. The van der Waals surface area contributed by atoms with E-state index >= 15 is 0 Å². The lowest BCUT2D eigenvalue weighted by Gasteiger charge is -2.08. The van der Waals surface area contributed by atoms with Crippen LogP contribution in [0.25, 0.3) is 0 Å². The fourth-order valence-corrected chi connectivity index (χ4v) is 1.26. The second-order valence-corrected chi connectivity index (χ2v) is 2.95. The largest absolute Gasteiger partial charge is 0.462 e. The molecule has 90 valence electrons. The molecular weight excluding hydrogens is 234 g/mol. The standard InChI is InChI=1S/C10H8F2N2O3/c1-2-17-10(16)6-4-14-9(15)5(3-13)7(6)8(11)12/h4,8H,2H2,1H3,(H,14,15). The van der Waals surface area contributed by atoms with Crippen LogP contribution in [0.3, 0.4) is 0 Å². The summed E-state index contributed by atoms with van der Waals surface area (Å²) in [5, 5.41) is 8.63. The minimum absolute atomic E-state index is 0.00250. The van der Waals surface area contributed by atoms with Gasteiger partial charge in [-0.15, -0.1) is 0 Å². The third kappa shape index (κ3) is 2.47. The van der Waals surface area contributed by atoms with E-state index in [9.17, 15) is 18.4 Å². The van der Waals surface area contributed by atoms with Crippen molar-refractivity contribution in [2.45, 2.75) is 13.3 Å². The number of alkyl halides is 2. The van der Waals surface area contributed by atoms with E-state index in [1.165, 1.54) is 13.0 Å². The number of carbonyl (C=O) groups excluding carboxylic acids is 1. The minimum atomic E-state index is -3.11. The van der Waals surface area contributed by atoms with Gasteiger partial charge in [0.05, 0.1) is 17.7 Å². The average molecular weight is 242 g/mol. The van der Waals surface area contributed by atoms with E-state index in [0.29, 0.717) is 0 Å². The van der Waals surface area contributed by atoms with Crippen molar-refractivity contribution >= 4 is 5.97 Å². The molecule has 0 aliphatic heterocycles. The van der Waals surface area contributed by atoms with Crippen LogP contribution in [0.15, 0.2) is 11.0 Å². The normalized spacial score (nSPS) is 10.1. The maximum absolute atomic E-state index is 12.7. The van der Waals surface area contributed by atoms with Gasteiger partial charge in [-0.1, -0.05) is 0 Å². The Morgan fingerprint density at radius 2 is 2.29 bits per heavy atom. The van der Waals surface area contributed by atoms with Gasteiger partial charge in [-0.3, -0.25) is 4.79 Å². The first-order valence-electron chi connectivity index (χ1n) is 4.63.